The highest BCUT2D eigenvalue weighted by Crippen LogP contribution is 2.19. The maximum Gasteiger partial charge on any atom is 0.262 e. The van der Waals surface area contributed by atoms with Gasteiger partial charge in [-0.05, 0) is 56.6 Å². The molecule has 1 atom stereocenters. The number of piperidine rings is 1. The van der Waals surface area contributed by atoms with Gasteiger partial charge in [-0.1, -0.05) is 25.5 Å². The van der Waals surface area contributed by atoms with E-state index in [4.69, 9.17) is 12.2 Å². The zero-order chi connectivity index (χ0) is 16.2. The number of H-pyrrole nitrogens is 1. The highest BCUT2D eigenvalue weighted by atomic mass is 32.1. The van der Waals surface area contributed by atoms with Crippen molar-refractivity contribution >= 4 is 23.1 Å². The lowest BCUT2D eigenvalue weighted by Crippen LogP contribution is -2.40. The van der Waals surface area contributed by atoms with E-state index in [9.17, 15) is 4.79 Å². The van der Waals surface area contributed by atoms with Crippen molar-refractivity contribution in [2.45, 2.75) is 51.6 Å². The van der Waals surface area contributed by atoms with E-state index in [2.05, 4.69) is 16.8 Å². The van der Waals surface area contributed by atoms with E-state index in [0.29, 0.717) is 22.7 Å². The number of hydrogen-bond donors (Lipinski definition) is 1. The van der Waals surface area contributed by atoms with Crippen LogP contribution in [0.4, 0.5) is 0 Å². The van der Waals surface area contributed by atoms with Crippen LogP contribution >= 0.6 is 12.2 Å². The van der Waals surface area contributed by atoms with Crippen molar-refractivity contribution in [2.75, 3.05) is 13.1 Å². The molecule has 4 nitrogen and oxygen atoms in total. The van der Waals surface area contributed by atoms with Gasteiger partial charge in [0.15, 0.2) is 4.77 Å². The Morgan fingerprint density at radius 2 is 2.09 bits per heavy atom. The topological polar surface area (TPSA) is 41.0 Å². The second kappa shape index (κ2) is 7.41. The molecule has 0 bridgehead atoms. The molecule has 3 rings (SSSR count). The van der Waals surface area contributed by atoms with Gasteiger partial charge in [0.25, 0.3) is 5.56 Å². The first-order valence-corrected chi connectivity index (χ1v) is 9.07. The summed E-state index contributed by atoms with van der Waals surface area (Å²) in [5, 5.41) is 0.713. The number of nitrogens with zero attached hydrogens (tertiary/aromatic N) is 2. The third-order valence-corrected chi connectivity index (χ3v) is 5.26. The standard InChI is InChI=1S/C18H25N3OS/c1-2-14-8-5-6-11-20(14)12-7-13-21-17(22)15-9-3-4-10-16(15)19-18(21)23/h3-4,9-10,14H,2,5-8,11-13H2,1H3,(H,19,23)/t14-/m1/s1. The molecule has 0 aliphatic carbocycles. The van der Waals surface area contributed by atoms with Crippen LogP contribution in [0.1, 0.15) is 39.0 Å². The van der Waals surface area contributed by atoms with Gasteiger partial charge in [0.2, 0.25) is 0 Å². The van der Waals surface area contributed by atoms with Gasteiger partial charge in [0.1, 0.15) is 0 Å². The maximum atomic E-state index is 12.6. The Balaban J connectivity index is 1.72. The third-order valence-electron chi connectivity index (χ3n) is 4.94. The van der Waals surface area contributed by atoms with E-state index in [0.717, 1.165) is 18.5 Å². The van der Waals surface area contributed by atoms with Crippen LogP contribution in [-0.2, 0) is 6.54 Å². The molecular weight excluding hydrogens is 306 g/mol. The van der Waals surface area contributed by atoms with Crippen molar-refractivity contribution in [3.63, 3.8) is 0 Å². The third kappa shape index (κ3) is 3.56. The van der Waals surface area contributed by atoms with Crippen LogP contribution in [0.2, 0.25) is 0 Å². The number of aromatic amines is 1. The van der Waals surface area contributed by atoms with Crippen molar-refractivity contribution in [3.05, 3.63) is 39.4 Å². The number of benzene rings is 1. The predicted octanol–water partition coefficient (Wildman–Crippen LogP) is 3.71. The summed E-state index contributed by atoms with van der Waals surface area (Å²) in [7, 11) is 0. The molecule has 1 aromatic heterocycles. The molecule has 0 saturated carbocycles. The van der Waals surface area contributed by atoms with Crippen LogP contribution in [0.5, 0.6) is 0 Å². The van der Waals surface area contributed by atoms with Crippen LogP contribution in [0.3, 0.4) is 0 Å². The highest BCUT2D eigenvalue weighted by Gasteiger charge is 2.20. The van der Waals surface area contributed by atoms with E-state index >= 15 is 0 Å². The summed E-state index contributed by atoms with van der Waals surface area (Å²) in [6.07, 6.45) is 6.14. The van der Waals surface area contributed by atoms with E-state index in [1.807, 2.05) is 24.3 Å². The average Bonchev–Trinajstić information content (AvgIpc) is 2.58. The number of hydrogen-bond acceptors (Lipinski definition) is 3. The first-order chi connectivity index (χ1) is 11.2. The summed E-state index contributed by atoms with van der Waals surface area (Å²) >= 11 is 5.38. The molecule has 1 aliphatic heterocycles. The van der Waals surface area contributed by atoms with Gasteiger partial charge in [-0.25, -0.2) is 0 Å². The molecule has 0 spiro atoms. The molecule has 1 aliphatic rings. The molecule has 2 heterocycles. The summed E-state index contributed by atoms with van der Waals surface area (Å²) < 4.78 is 2.24. The smallest absolute Gasteiger partial charge is 0.262 e. The van der Waals surface area contributed by atoms with Crippen molar-refractivity contribution in [1.82, 2.24) is 14.5 Å². The van der Waals surface area contributed by atoms with Crippen molar-refractivity contribution in [1.29, 1.82) is 0 Å². The Morgan fingerprint density at radius 3 is 2.91 bits per heavy atom. The number of aromatic nitrogens is 2. The van der Waals surface area contributed by atoms with E-state index in [-0.39, 0.29) is 5.56 Å². The molecule has 1 fully saturated rings. The minimum atomic E-state index is 0.0232. The highest BCUT2D eigenvalue weighted by molar-refractivity contribution is 7.71. The summed E-state index contributed by atoms with van der Waals surface area (Å²) in [6, 6.07) is 8.28. The fraction of sp³-hybridized carbons (Fsp3) is 0.556. The number of likely N-dealkylation sites (tertiary alicyclic amines) is 1. The lowest BCUT2D eigenvalue weighted by molar-refractivity contribution is 0.140. The first-order valence-electron chi connectivity index (χ1n) is 8.66. The molecule has 1 saturated heterocycles. The van der Waals surface area contributed by atoms with Crippen molar-refractivity contribution in [3.8, 4) is 0 Å². The van der Waals surface area contributed by atoms with Crippen LogP contribution < -0.4 is 5.56 Å². The monoisotopic (exact) mass is 331 g/mol. The number of nitrogens with one attached hydrogen (secondary N) is 1. The van der Waals surface area contributed by atoms with Gasteiger partial charge < -0.3 is 9.88 Å². The van der Waals surface area contributed by atoms with Crippen molar-refractivity contribution < 1.29 is 0 Å². The summed E-state index contributed by atoms with van der Waals surface area (Å²) in [6.45, 7) is 5.20. The van der Waals surface area contributed by atoms with Crippen LogP contribution in [0, 0.1) is 4.77 Å². The average molecular weight is 331 g/mol. The SMILES string of the molecule is CC[C@@H]1CCCCN1CCCn1c(=S)[nH]c2ccccc2c1=O. The van der Waals surface area contributed by atoms with Gasteiger partial charge in [-0.3, -0.25) is 9.36 Å². The van der Waals surface area contributed by atoms with Gasteiger partial charge in [0, 0.05) is 19.1 Å². The second-order valence-electron chi connectivity index (χ2n) is 6.38. The Labute approximate surface area is 142 Å². The Bertz CT molecular complexity index is 780. The molecule has 0 unspecified atom stereocenters. The van der Waals surface area contributed by atoms with Gasteiger partial charge in [-0.2, -0.15) is 0 Å². The quantitative estimate of drug-likeness (QED) is 0.849. The second-order valence-corrected chi connectivity index (χ2v) is 6.77. The molecule has 0 amide bonds. The first kappa shape index (κ1) is 16.4. The molecule has 2 aromatic rings. The van der Waals surface area contributed by atoms with E-state index in [1.165, 1.54) is 32.2 Å². The summed E-state index contributed by atoms with van der Waals surface area (Å²) in [4.78, 5) is 18.4. The van der Waals surface area contributed by atoms with Gasteiger partial charge in [-0.15, -0.1) is 0 Å². The Morgan fingerprint density at radius 1 is 1.26 bits per heavy atom. The number of fused-ring (bicyclic) bond motifs is 1. The van der Waals surface area contributed by atoms with E-state index in [1.54, 1.807) is 4.57 Å². The van der Waals surface area contributed by atoms with Gasteiger partial charge in [0.05, 0.1) is 10.9 Å². The van der Waals surface area contributed by atoms with Gasteiger partial charge >= 0.3 is 0 Å². The molecular formula is C18H25N3OS. The summed E-state index contributed by atoms with van der Waals surface area (Å²) in [5.41, 5.74) is 0.843. The lowest BCUT2D eigenvalue weighted by Gasteiger charge is -2.35. The van der Waals surface area contributed by atoms with Crippen molar-refractivity contribution in [2.24, 2.45) is 0 Å². The fourth-order valence-corrected chi connectivity index (χ4v) is 3.93. The number of para-hydroxylation sites is 1. The van der Waals surface area contributed by atoms with Crippen LogP contribution in [0.25, 0.3) is 10.9 Å². The van der Waals surface area contributed by atoms with E-state index < -0.39 is 0 Å². The maximum absolute atomic E-state index is 12.6. The predicted molar refractivity (Wildman–Crippen MR) is 97.5 cm³/mol. The van der Waals surface area contributed by atoms with Crippen LogP contribution in [0.15, 0.2) is 29.1 Å². The zero-order valence-corrected chi connectivity index (χ0v) is 14.6. The van der Waals surface area contributed by atoms with Crippen LogP contribution in [-0.4, -0.2) is 33.6 Å². The molecule has 1 N–H and O–H groups in total. The Kier molecular flexibility index (Phi) is 5.28. The normalized spacial score (nSPS) is 19.3. The molecule has 124 valence electrons. The molecule has 5 heteroatoms. The Hall–Kier alpha value is -1.46. The number of rotatable bonds is 5. The minimum absolute atomic E-state index is 0.0232. The molecule has 0 radical (unpaired) electrons. The zero-order valence-electron chi connectivity index (χ0n) is 13.8. The summed E-state index contributed by atoms with van der Waals surface area (Å²) in [5.74, 6) is 0. The molecule has 1 aromatic carbocycles. The lowest BCUT2D eigenvalue weighted by atomic mass is 10.00. The largest absolute Gasteiger partial charge is 0.332 e. The fourth-order valence-electron chi connectivity index (χ4n) is 3.65. The molecule has 23 heavy (non-hydrogen) atoms. The minimum Gasteiger partial charge on any atom is -0.332 e.